The number of hydrogen-bond donors (Lipinski definition) is 1. The number of para-hydroxylation sites is 1. The molecule has 4 rings (SSSR count). The van der Waals surface area contributed by atoms with Crippen LogP contribution in [0.2, 0.25) is 0 Å². The van der Waals surface area contributed by atoms with E-state index in [1.54, 1.807) is 23.2 Å². The third-order valence-electron chi connectivity index (χ3n) is 4.98. The highest BCUT2D eigenvalue weighted by Gasteiger charge is 2.32. The maximum absolute atomic E-state index is 12.8. The van der Waals surface area contributed by atoms with Gasteiger partial charge in [0.25, 0.3) is 11.8 Å². The Labute approximate surface area is 179 Å². The van der Waals surface area contributed by atoms with Crippen molar-refractivity contribution in [3.05, 3.63) is 54.5 Å². The monoisotopic (exact) mass is 421 g/mol. The first-order chi connectivity index (χ1) is 15.1. The molecule has 0 saturated carbocycles. The van der Waals surface area contributed by atoms with Gasteiger partial charge < -0.3 is 19.5 Å². The Morgan fingerprint density at radius 2 is 2.06 bits per heavy atom. The number of amides is 2. The molecular formula is C22H23N5O4. The van der Waals surface area contributed by atoms with E-state index in [-0.39, 0.29) is 24.5 Å². The summed E-state index contributed by atoms with van der Waals surface area (Å²) in [5.41, 5.74) is 0.638. The Bertz CT molecular complexity index is 1050. The molecule has 0 aliphatic carbocycles. The number of pyridine rings is 1. The van der Waals surface area contributed by atoms with Crippen LogP contribution in [0.5, 0.6) is 5.75 Å². The minimum atomic E-state index is -0.269. The molecule has 3 heterocycles. The number of hydrogen-bond acceptors (Lipinski definition) is 7. The lowest BCUT2D eigenvalue weighted by atomic mass is 10.0. The van der Waals surface area contributed by atoms with E-state index in [1.165, 1.54) is 6.92 Å². The quantitative estimate of drug-likeness (QED) is 0.650. The van der Waals surface area contributed by atoms with Crippen molar-refractivity contribution in [2.45, 2.75) is 32.2 Å². The summed E-state index contributed by atoms with van der Waals surface area (Å²) in [6.45, 7) is 1.98. The summed E-state index contributed by atoms with van der Waals surface area (Å²) in [5, 5.41) is 6.76. The van der Waals surface area contributed by atoms with Crippen LogP contribution in [0.3, 0.4) is 0 Å². The van der Waals surface area contributed by atoms with Gasteiger partial charge in [0.05, 0.1) is 6.04 Å². The summed E-state index contributed by atoms with van der Waals surface area (Å²) in [7, 11) is 0. The van der Waals surface area contributed by atoms with E-state index in [2.05, 4.69) is 20.4 Å². The van der Waals surface area contributed by atoms with E-state index in [0.717, 1.165) is 19.3 Å². The molecule has 3 aromatic rings. The minimum Gasteiger partial charge on any atom is -0.484 e. The number of nitrogens with zero attached hydrogens (tertiary/aromatic N) is 4. The van der Waals surface area contributed by atoms with Crippen molar-refractivity contribution in [1.82, 2.24) is 20.0 Å². The second-order valence-corrected chi connectivity index (χ2v) is 7.27. The van der Waals surface area contributed by atoms with Gasteiger partial charge in [0.1, 0.15) is 11.6 Å². The fourth-order valence-corrected chi connectivity index (χ4v) is 3.54. The molecule has 1 aromatic carbocycles. The van der Waals surface area contributed by atoms with E-state index >= 15 is 0 Å². The van der Waals surface area contributed by atoms with Crippen molar-refractivity contribution in [2.24, 2.45) is 0 Å². The van der Waals surface area contributed by atoms with E-state index in [9.17, 15) is 9.59 Å². The molecule has 1 aliphatic rings. The molecule has 0 radical (unpaired) electrons. The molecule has 1 N–H and O–H groups in total. The molecule has 1 fully saturated rings. The standard InChI is InChI=1S/C22H23N5O4/c1-15(28)24-19-13-16(10-11-23-19)22-25-21(26-31-22)18-9-5-6-12-27(18)20(29)14-30-17-7-3-2-4-8-17/h2-4,7-8,10-11,13,18H,5-6,9,12,14H2,1H3,(H,23,24,28)/t18-/m1/s1. The van der Waals surface area contributed by atoms with Crippen molar-refractivity contribution in [2.75, 3.05) is 18.5 Å². The van der Waals surface area contributed by atoms with Crippen LogP contribution < -0.4 is 10.1 Å². The first-order valence-corrected chi connectivity index (χ1v) is 10.1. The molecule has 2 aromatic heterocycles. The van der Waals surface area contributed by atoms with Gasteiger partial charge in [-0.05, 0) is 43.5 Å². The lowest BCUT2D eigenvalue weighted by molar-refractivity contribution is -0.137. The van der Waals surface area contributed by atoms with Crippen LogP contribution in [0.1, 0.15) is 38.1 Å². The van der Waals surface area contributed by atoms with E-state index < -0.39 is 0 Å². The fraction of sp³-hybridized carbons (Fsp3) is 0.318. The number of ether oxygens (including phenoxy) is 1. The summed E-state index contributed by atoms with van der Waals surface area (Å²) < 4.78 is 11.1. The molecule has 1 aliphatic heterocycles. The van der Waals surface area contributed by atoms with Gasteiger partial charge in [0.2, 0.25) is 5.91 Å². The number of carbonyl (C=O) groups is 2. The Hall–Kier alpha value is -3.75. The summed E-state index contributed by atoms with van der Waals surface area (Å²) in [5.74, 6) is 1.49. The molecule has 2 amide bonds. The molecule has 0 spiro atoms. The van der Waals surface area contributed by atoms with Crippen molar-refractivity contribution < 1.29 is 18.8 Å². The molecule has 1 saturated heterocycles. The van der Waals surface area contributed by atoms with E-state index in [1.807, 2.05) is 30.3 Å². The Morgan fingerprint density at radius 3 is 2.87 bits per heavy atom. The van der Waals surface area contributed by atoms with Gasteiger partial charge in [-0.3, -0.25) is 9.59 Å². The predicted octanol–water partition coefficient (Wildman–Crippen LogP) is 3.22. The number of benzene rings is 1. The smallest absolute Gasteiger partial charge is 0.261 e. The number of nitrogens with one attached hydrogen (secondary N) is 1. The van der Waals surface area contributed by atoms with Crippen molar-refractivity contribution in [3.8, 4) is 17.2 Å². The maximum Gasteiger partial charge on any atom is 0.261 e. The number of carbonyl (C=O) groups excluding carboxylic acids is 2. The lowest BCUT2D eigenvalue weighted by Gasteiger charge is -2.33. The second-order valence-electron chi connectivity index (χ2n) is 7.27. The molecule has 9 heteroatoms. The van der Waals surface area contributed by atoms with E-state index in [0.29, 0.717) is 35.4 Å². The molecule has 160 valence electrons. The first-order valence-electron chi connectivity index (χ1n) is 10.1. The van der Waals surface area contributed by atoms with Crippen molar-refractivity contribution in [3.63, 3.8) is 0 Å². The highest BCUT2D eigenvalue weighted by molar-refractivity contribution is 5.88. The number of aromatic nitrogens is 3. The summed E-state index contributed by atoms with van der Waals surface area (Å²) in [6.07, 6.45) is 4.20. The predicted molar refractivity (Wildman–Crippen MR) is 112 cm³/mol. The SMILES string of the molecule is CC(=O)Nc1cc(-c2nc([C@H]3CCCCN3C(=O)COc3ccccc3)no2)ccn1. The van der Waals surface area contributed by atoms with Crippen LogP contribution in [0.25, 0.3) is 11.5 Å². The van der Waals surface area contributed by atoms with Crippen LogP contribution >= 0.6 is 0 Å². The average molecular weight is 421 g/mol. The van der Waals surface area contributed by atoms with E-state index in [4.69, 9.17) is 9.26 Å². The second kappa shape index (κ2) is 9.38. The average Bonchev–Trinajstić information content (AvgIpc) is 3.28. The topological polar surface area (TPSA) is 110 Å². The normalized spacial score (nSPS) is 16.0. The number of piperidine rings is 1. The van der Waals surface area contributed by atoms with Crippen molar-refractivity contribution >= 4 is 17.6 Å². The first kappa shape index (κ1) is 20.5. The van der Waals surface area contributed by atoms with Crippen LogP contribution in [0.4, 0.5) is 5.82 Å². The van der Waals surface area contributed by atoms with Crippen LogP contribution in [-0.2, 0) is 9.59 Å². The maximum atomic E-state index is 12.8. The lowest BCUT2D eigenvalue weighted by Crippen LogP contribution is -2.41. The molecule has 0 unspecified atom stereocenters. The summed E-state index contributed by atoms with van der Waals surface area (Å²) in [6, 6.07) is 12.4. The Balaban J connectivity index is 1.48. The summed E-state index contributed by atoms with van der Waals surface area (Å²) >= 11 is 0. The van der Waals surface area contributed by atoms with Gasteiger partial charge in [-0.1, -0.05) is 23.4 Å². The highest BCUT2D eigenvalue weighted by atomic mass is 16.5. The third kappa shape index (κ3) is 5.06. The van der Waals surface area contributed by atoms with Crippen molar-refractivity contribution in [1.29, 1.82) is 0 Å². The van der Waals surface area contributed by atoms with Gasteiger partial charge >= 0.3 is 0 Å². The van der Waals surface area contributed by atoms with Crippen LogP contribution in [0.15, 0.2) is 53.2 Å². The number of rotatable bonds is 6. The van der Waals surface area contributed by atoms with Gasteiger partial charge in [0.15, 0.2) is 12.4 Å². The zero-order valence-corrected chi connectivity index (χ0v) is 17.2. The van der Waals surface area contributed by atoms with Gasteiger partial charge in [-0.15, -0.1) is 0 Å². The number of likely N-dealkylation sites (tertiary alicyclic amines) is 1. The third-order valence-corrected chi connectivity index (χ3v) is 4.98. The summed E-state index contributed by atoms with van der Waals surface area (Å²) in [4.78, 5) is 34.5. The van der Waals surface area contributed by atoms with Gasteiger partial charge in [-0.2, -0.15) is 4.98 Å². The number of anilines is 1. The molecule has 1 atom stereocenters. The molecular weight excluding hydrogens is 398 g/mol. The Morgan fingerprint density at radius 1 is 1.23 bits per heavy atom. The van der Waals surface area contributed by atoms with Crippen LogP contribution in [-0.4, -0.2) is 45.0 Å². The zero-order chi connectivity index (χ0) is 21.6. The molecule has 9 nitrogen and oxygen atoms in total. The molecule has 0 bridgehead atoms. The fourth-order valence-electron chi connectivity index (χ4n) is 3.54. The Kier molecular flexibility index (Phi) is 6.21. The largest absolute Gasteiger partial charge is 0.484 e. The van der Waals surface area contributed by atoms with Gasteiger partial charge in [0, 0.05) is 25.2 Å². The molecule has 31 heavy (non-hydrogen) atoms. The van der Waals surface area contributed by atoms with Gasteiger partial charge in [-0.25, -0.2) is 4.98 Å². The highest BCUT2D eigenvalue weighted by Crippen LogP contribution is 2.31. The van der Waals surface area contributed by atoms with Crippen LogP contribution in [0, 0.1) is 0 Å². The minimum absolute atomic E-state index is 0.0460. The zero-order valence-electron chi connectivity index (χ0n) is 17.2.